The van der Waals surface area contributed by atoms with Crippen molar-refractivity contribution in [2.24, 2.45) is 0 Å². The monoisotopic (exact) mass is 410 g/mol. The average molecular weight is 411 g/mol. The molecule has 2 aromatic rings. The average Bonchev–Trinajstić information content (AvgIpc) is 3.03. The van der Waals surface area contributed by atoms with Crippen LogP contribution in [-0.4, -0.2) is 71.9 Å². The Morgan fingerprint density at radius 3 is 2.23 bits per heavy atom. The number of benzene rings is 1. The van der Waals surface area contributed by atoms with Crippen molar-refractivity contribution in [1.82, 2.24) is 19.7 Å². The first-order chi connectivity index (χ1) is 14.5. The first-order valence-electron chi connectivity index (χ1n) is 10.9. The minimum Gasteiger partial charge on any atom is -0.355 e. The lowest BCUT2D eigenvalue weighted by molar-refractivity contribution is -0.122. The second-order valence-electron chi connectivity index (χ2n) is 8.18. The van der Waals surface area contributed by atoms with Crippen LogP contribution in [0, 0.1) is 13.8 Å². The summed E-state index contributed by atoms with van der Waals surface area (Å²) in [7, 11) is 0. The van der Waals surface area contributed by atoms with E-state index in [-0.39, 0.29) is 11.7 Å². The van der Waals surface area contributed by atoms with Crippen LogP contribution in [0.5, 0.6) is 0 Å². The zero-order valence-corrected chi connectivity index (χ0v) is 18.5. The summed E-state index contributed by atoms with van der Waals surface area (Å²) in [6.45, 7) is 11.8. The second kappa shape index (κ2) is 10.5. The molecular formula is C24H34N4O2. The van der Waals surface area contributed by atoms with Gasteiger partial charge in [0.05, 0.1) is 13.1 Å². The summed E-state index contributed by atoms with van der Waals surface area (Å²) in [5.74, 6) is 0.267. The second-order valence-corrected chi connectivity index (χ2v) is 8.18. The number of rotatable bonds is 9. The number of hydrogen-bond donors (Lipinski definition) is 1. The van der Waals surface area contributed by atoms with Gasteiger partial charge in [0.25, 0.3) is 0 Å². The number of carbonyl (C=O) groups excluding carboxylic acids is 2. The van der Waals surface area contributed by atoms with E-state index in [2.05, 4.69) is 45.7 Å². The molecule has 2 heterocycles. The Morgan fingerprint density at radius 2 is 1.60 bits per heavy atom. The molecule has 1 amide bonds. The highest BCUT2D eigenvalue weighted by atomic mass is 16.2. The maximum absolute atomic E-state index is 13.0. The smallest absolute Gasteiger partial charge is 0.234 e. The zero-order valence-electron chi connectivity index (χ0n) is 18.5. The van der Waals surface area contributed by atoms with Gasteiger partial charge in [0.2, 0.25) is 5.91 Å². The van der Waals surface area contributed by atoms with Crippen molar-refractivity contribution in [2.45, 2.75) is 33.7 Å². The van der Waals surface area contributed by atoms with Crippen molar-refractivity contribution in [2.75, 3.05) is 45.8 Å². The molecule has 1 saturated heterocycles. The number of amides is 1. The maximum Gasteiger partial charge on any atom is 0.234 e. The lowest BCUT2D eigenvalue weighted by atomic mass is 10.1. The number of ketones is 1. The molecule has 1 N–H and O–H groups in total. The van der Waals surface area contributed by atoms with Crippen molar-refractivity contribution >= 4 is 11.7 Å². The van der Waals surface area contributed by atoms with E-state index in [0.29, 0.717) is 13.1 Å². The summed E-state index contributed by atoms with van der Waals surface area (Å²) >= 11 is 0. The quantitative estimate of drug-likeness (QED) is 0.646. The van der Waals surface area contributed by atoms with Crippen LogP contribution in [0.4, 0.5) is 0 Å². The fourth-order valence-corrected chi connectivity index (χ4v) is 4.01. The van der Waals surface area contributed by atoms with Crippen molar-refractivity contribution in [3.63, 3.8) is 0 Å². The Bertz CT molecular complexity index is 852. The molecule has 1 aromatic carbocycles. The lowest BCUT2D eigenvalue weighted by Gasteiger charge is -2.33. The predicted molar refractivity (Wildman–Crippen MR) is 120 cm³/mol. The summed E-state index contributed by atoms with van der Waals surface area (Å²) in [5.41, 5.74) is 4.21. The van der Waals surface area contributed by atoms with Gasteiger partial charge in [-0.2, -0.15) is 0 Å². The fourth-order valence-electron chi connectivity index (χ4n) is 4.01. The number of aromatic nitrogens is 1. The number of Topliss-reactive ketones (excluding diaryl/α,β-unsaturated/α-hetero) is 1. The third kappa shape index (κ3) is 5.80. The first-order valence-corrected chi connectivity index (χ1v) is 10.9. The van der Waals surface area contributed by atoms with Gasteiger partial charge in [-0.05, 0) is 31.9 Å². The van der Waals surface area contributed by atoms with Crippen molar-refractivity contribution in [3.8, 4) is 0 Å². The molecule has 0 atom stereocenters. The third-order valence-electron chi connectivity index (χ3n) is 5.83. The van der Waals surface area contributed by atoms with E-state index in [1.165, 1.54) is 5.56 Å². The van der Waals surface area contributed by atoms with Gasteiger partial charge >= 0.3 is 0 Å². The molecule has 30 heavy (non-hydrogen) atoms. The Hall–Kier alpha value is -2.44. The molecule has 1 aliphatic rings. The highest BCUT2D eigenvalue weighted by Gasteiger charge is 2.23. The van der Waals surface area contributed by atoms with E-state index in [0.717, 1.165) is 62.6 Å². The molecule has 1 fully saturated rings. The zero-order chi connectivity index (χ0) is 21.5. The summed E-state index contributed by atoms with van der Waals surface area (Å²) in [6.07, 6.45) is 0.952. The van der Waals surface area contributed by atoms with E-state index in [4.69, 9.17) is 0 Å². The van der Waals surface area contributed by atoms with E-state index < -0.39 is 0 Å². The minimum absolute atomic E-state index is 0.0900. The van der Waals surface area contributed by atoms with Crippen LogP contribution < -0.4 is 5.32 Å². The van der Waals surface area contributed by atoms with Crippen LogP contribution in [0.3, 0.4) is 0 Å². The lowest BCUT2D eigenvalue weighted by Crippen LogP contribution is -2.50. The SMILES string of the molecule is CCCNC(=O)CN1CCN(CC(=O)c2cc(C)n(Cc3ccccc3)c2C)CC1. The molecule has 0 spiro atoms. The van der Waals surface area contributed by atoms with Crippen LogP contribution in [0.25, 0.3) is 0 Å². The first kappa shape index (κ1) is 22.2. The summed E-state index contributed by atoms with van der Waals surface area (Å²) in [6, 6.07) is 12.4. The number of carbonyl (C=O) groups is 2. The molecule has 0 radical (unpaired) electrons. The fraction of sp³-hybridized carbons (Fsp3) is 0.500. The predicted octanol–water partition coefficient (Wildman–Crippen LogP) is 2.48. The van der Waals surface area contributed by atoms with Gasteiger partial charge < -0.3 is 9.88 Å². The van der Waals surface area contributed by atoms with Gasteiger partial charge in [0, 0.05) is 56.2 Å². The van der Waals surface area contributed by atoms with Gasteiger partial charge in [0.1, 0.15) is 0 Å². The molecule has 1 aromatic heterocycles. The highest BCUT2D eigenvalue weighted by molar-refractivity contribution is 5.99. The standard InChI is InChI=1S/C24H34N4O2/c1-4-10-25-24(30)18-27-13-11-26(12-14-27)17-23(29)22-15-19(2)28(20(22)3)16-21-8-6-5-7-9-21/h5-9,15H,4,10-14,16-18H2,1-3H3,(H,25,30). The van der Waals surface area contributed by atoms with Gasteiger partial charge in [0.15, 0.2) is 5.78 Å². The maximum atomic E-state index is 13.0. The van der Waals surface area contributed by atoms with Crippen LogP contribution in [0.15, 0.2) is 36.4 Å². The Morgan fingerprint density at radius 1 is 0.967 bits per heavy atom. The van der Waals surface area contributed by atoms with E-state index in [1.807, 2.05) is 31.2 Å². The van der Waals surface area contributed by atoms with Gasteiger partial charge in [-0.3, -0.25) is 19.4 Å². The summed E-state index contributed by atoms with van der Waals surface area (Å²) in [5, 5.41) is 2.93. The van der Waals surface area contributed by atoms with Crippen LogP contribution >= 0.6 is 0 Å². The number of hydrogen-bond acceptors (Lipinski definition) is 4. The van der Waals surface area contributed by atoms with E-state index in [9.17, 15) is 9.59 Å². The summed E-state index contributed by atoms with van der Waals surface area (Å²) in [4.78, 5) is 29.3. The molecule has 6 heteroatoms. The normalized spacial score (nSPS) is 15.3. The van der Waals surface area contributed by atoms with Crippen molar-refractivity contribution in [3.05, 3.63) is 58.9 Å². The third-order valence-corrected chi connectivity index (χ3v) is 5.83. The molecule has 0 saturated carbocycles. The van der Waals surface area contributed by atoms with Crippen LogP contribution in [0.2, 0.25) is 0 Å². The van der Waals surface area contributed by atoms with Gasteiger partial charge in [-0.25, -0.2) is 0 Å². The molecule has 162 valence electrons. The number of aryl methyl sites for hydroxylation is 1. The van der Waals surface area contributed by atoms with Crippen molar-refractivity contribution < 1.29 is 9.59 Å². The molecule has 6 nitrogen and oxygen atoms in total. The number of nitrogens with one attached hydrogen (secondary N) is 1. The van der Waals surface area contributed by atoms with Crippen LogP contribution in [0.1, 0.15) is 40.7 Å². The van der Waals surface area contributed by atoms with Crippen LogP contribution in [-0.2, 0) is 11.3 Å². The number of piperazine rings is 1. The molecule has 1 aliphatic heterocycles. The topological polar surface area (TPSA) is 57.6 Å². The Labute approximate surface area is 179 Å². The molecule has 3 rings (SSSR count). The van der Waals surface area contributed by atoms with Gasteiger partial charge in [-0.15, -0.1) is 0 Å². The molecule has 0 unspecified atom stereocenters. The van der Waals surface area contributed by atoms with E-state index in [1.54, 1.807) is 0 Å². The minimum atomic E-state index is 0.0900. The molecular weight excluding hydrogens is 376 g/mol. The Balaban J connectivity index is 1.53. The summed E-state index contributed by atoms with van der Waals surface area (Å²) < 4.78 is 2.22. The number of nitrogens with zero attached hydrogens (tertiary/aromatic N) is 3. The van der Waals surface area contributed by atoms with Gasteiger partial charge in [-0.1, -0.05) is 37.3 Å². The van der Waals surface area contributed by atoms with E-state index >= 15 is 0 Å². The van der Waals surface area contributed by atoms with Crippen molar-refractivity contribution in [1.29, 1.82) is 0 Å². The molecule has 0 bridgehead atoms. The largest absolute Gasteiger partial charge is 0.355 e. The molecule has 0 aliphatic carbocycles. The highest BCUT2D eigenvalue weighted by Crippen LogP contribution is 2.18. The Kier molecular flexibility index (Phi) is 7.82.